The fraction of sp³-hybridized carbons (Fsp3) is 0.227. The second-order valence-electron chi connectivity index (χ2n) is 6.42. The van der Waals surface area contributed by atoms with Crippen molar-refractivity contribution in [1.29, 1.82) is 0 Å². The van der Waals surface area contributed by atoms with Gasteiger partial charge in [0.15, 0.2) is 6.61 Å². The Labute approximate surface area is 179 Å². The maximum atomic E-state index is 12.8. The van der Waals surface area contributed by atoms with Crippen LogP contribution in [0.4, 0.5) is 0 Å². The number of hydrogen-bond donors (Lipinski definition) is 0. The third-order valence-corrected chi connectivity index (χ3v) is 5.55. The summed E-state index contributed by atoms with van der Waals surface area (Å²) in [4.78, 5) is 26.3. The minimum atomic E-state index is -0.408. The summed E-state index contributed by atoms with van der Waals surface area (Å²) in [6.45, 7) is 4.42. The third kappa shape index (κ3) is 5.68. The number of benzene rings is 2. The monoisotopic (exact) mass is 427 g/mol. The van der Waals surface area contributed by atoms with Crippen molar-refractivity contribution in [2.45, 2.75) is 20.4 Å². The Morgan fingerprint density at radius 2 is 1.83 bits per heavy atom. The molecule has 0 N–H and O–H groups in total. The van der Waals surface area contributed by atoms with Crippen molar-refractivity contribution in [2.24, 2.45) is 0 Å². The van der Waals surface area contributed by atoms with Gasteiger partial charge >= 0.3 is 5.97 Å². The van der Waals surface area contributed by atoms with E-state index in [1.54, 1.807) is 24.0 Å². The molecule has 0 aromatic heterocycles. The van der Waals surface area contributed by atoms with Gasteiger partial charge in [-0.3, -0.25) is 9.69 Å². The molecule has 0 unspecified atom stereocenters. The first kappa shape index (κ1) is 21.1. The predicted molar refractivity (Wildman–Crippen MR) is 118 cm³/mol. The fourth-order valence-corrected chi connectivity index (χ4v) is 3.92. The van der Waals surface area contributed by atoms with E-state index in [0.29, 0.717) is 28.1 Å². The van der Waals surface area contributed by atoms with Crippen LogP contribution in [0.25, 0.3) is 6.08 Å². The number of hydrogen-bond acceptors (Lipinski definition) is 6. The molecule has 1 saturated heterocycles. The molecule has 1 fully saturated rings. The molecule has 0 bridgehead atoms. The smallest absolute Gasteiger partial charge is 0.344 e. The summed E-state index contributed by atoms with van der Waals surface area (Å²) in [5.41, 5.74) is 3.06. The number of ether oxygens (including phenoxy) is 2. The zero-order valence-electron chi connectivity index (χ0n) is 16.2. The molecule has 0 saturated carbocycles. The average Bonchev–Trinajstić information content (AvgIpc) is 2.97. The number of carbonyl (C=O) groups excluding carboxylic acids is 2. The molecule has 7 heteroatoms. The number of rotatable bonds is 7. The van der Waals surface area contributed by atoms with E-state index in [4.69, 9.17) is 21.7 Å². The topological polar surface area (TPSA) is 55.8 Å². The van der Waals surface area contributed by atoms with Crippen molar-refractivity contribution in [3.05, 3.63) is 70.1 Å². The number of thioether (sulfide) groups is 1. The molecular weight excluding hydrogens is 406 g/mol. The lowest BCUT2D eigenvalue weighted by Gasteiger charge is -2.14. The Balaban J connectivity index is 1.64. The second-order valence-corrected chi connectivity index (χ2v) is 8.09. The first-order chi connectivity index (χ1) is 14.0. The summed E-state index contributed by atoms with van der Waals surface area (Å²) in [7, 11) is 0. The SMILES string of the molecule is CCOC(=O)COc1ccc(/C=C2\SC(=S)N(Cc3ccc(C)cc3)C2=O)cc1. The highest BCUT2D eigenvalue weighted by atomic mass is 32.2. The third-order valence-electron chi connectivity index (χ3n) is 4.17. The van der Waals surface area contributed by atoms with Crippen molar-refractivity contribution in [3.63, 3.8) is 0 Å². The van der Waals surface area contributed by atoms with E-state index in [1.165, 1.54) is 17.3 Å². The van der Waals surface area contributed by atoms with Gasteiger partial charge in [0.1, 0.15) is 10.1 Å². The first-order valence-corrected chi connectivity index (χ1v) is 10.4. The van der Waals surface area contributed by atoms with Gasteiger partial charge in [-0.05, 0) is 43.2 Å². The van der Waals surface area contributed by atoms with Crippen LogP contribution in [0.5, 0.6) is 5.75 Å². The van der Waals surface area contributed by atoms with Crippen LogP contribution < -0.4 is 4.74 Å². The number of nitrogens with zero attached hydrogens (tertiary/aromatic N) is 1. The second kappa shape index (κ2) is 9.71. The van der Waals surface area contributed by atoms with Gasteiger partial charge in [-0.2, -0.15) is 0 Å². The highest BCUT2D eigenvalue weighted by Crippen LogP contribution is 2.33. The molecule has 1 aliphatic rings. The summed E-state index contributed by atoms with van der Waals surface area (Å²) in [5, 5.41) is 0. The van der Waals surface area contributed by atoms with Gasteiger partial charge in [0.25, 0.3) is 5.91 Å². The van der Waals surface area contributed by atoms with Gasteiger partial charge in [-0.15, -0.1) is 0 Å². The molecule has 5 nitrogen and oxygen atoms in total. The lowest BCUT2D eigenvalue weighted by Crippen LogP contribution is -2.27. The van der Waals surface area contributed by atoms with Gasteiger partial charge in [-0.1, -0.05) is 65.9 Å². The Hall–Kier alpha value is -2.64. The lowest BCUT2D eigenvalue weighted by molar-refractivity contribution is -0.145. The van der Waals surface area contributed by atoms with Crippen LogP contribution in [-0.4, -0.2) is 34.3 Å². The van der Waals surface area contributed by atoms with E-state index in [9.17, 15) is 9.59 Å². The van der Waals surface area contributed by atoms with E-state index in [2.05, 4.69) is 0 Å². The molecular formula is C22H21NO4S2. The summed E-state index contributed by atoms with van der Waals surface area (Å²) in [6, 6.07) is 15.2. The van der Waals surface area contributed by atoms with E-state index in [0.717, 1.165) is 11.1 Å². The van der Waals surface area contributed by atoms with Gasteiger partial charge < -0.3 is 9.47 Å². The zero-order chi connectivity index (χ0) is 20.8. The largest absolute Gasteiger partial charge is 0.482 e. The molecule has 1 heterocycles. The number of esters is 1. The standard InChI is InChI=1S/C22H21NO4S2/c1-3-26-20(24)14-27-18-10-8-16(9-11-18)12-19-21(25)23(22(28)29-19)13-17-6-4-15(2)5-7-17/h4-12H,3,13-14H2,1-2H3/b19-12-. The Morgan fingerprint density at radius 1 is 1.14 bits per heavy atom. The number of thiocarbonyl (C=S) groups is 1. The van der Waals surface area contributed by atoms with Gasteiger partial charge in [0.05, 0.1) is 18.1 Å². The van der Waals surface area contributed by atoms with E-state index in [-0.39, 0.29) is 12.5 Å². The van der Waals surface area contributed by atoms with E-state index >= 15 is 0 Å². The number of amides is 1. The van der Waals surface area contributed by atoms with Crippen LogP contribution >= 0.6 is 24.0 Å². The maximum absolute atomic E-state index is 12.8. The highest BCUT2D eigenvalue weighted by molar-refractivity contribution is 8.26. The molecule has 3 rings (SSSR count). The Bertz CT molecular complexity index is 936. The Kier molecular flexibility index (Phi) is 7.06. The molecule has 2 aromatic rings. The zero-order valence-corrected chi connectivity index (χ0v) is 17.8. The van der Waals surface area contributed by atoms with Crippen molar-refractivity contribution in [1.82, 2.24) is 4.90 Å². The molecule has 0 aliphatic carbocycles. The van der Waals surface area contributed by atoms with E-state index in [1.807, 2.05) is 49.4 Å². The van der Waals surface area contributed by atoms with Gasteiger partial charge in [0, 0.05) is 0 Å². The molecule has 0 spiro atoms. The minimum absolute atomic E-state index is 0.0942. The van der Waals surface area contributed by atoms with Crippen LogP contribution in [-0.2, 0) is 20.9 Å². The summed E-state index contributed by atoms with van der Waals surface area (Å²) in [5.74, 6) is 0.0548. The molecule has 0 radical (unpaired) electrons. The quantitative estimate of drug-likeness (QED) is 0.372. The van der Waals surface area contributed by atoms with Crippen LogP contribution in [0, 0.1) is 6.92 Å². The molecule has 29 heavy (non-hydrogen) atoms. The highest BCUT2D eigenvalue weighted by Gasteiger charge is 2.31. The van der Waals surface area contributed by atoms with Crippen molar-refractivity contribution in [3.8, 4) is 5.75 Å². The van der Waals surface area contributed by atoms with Crippen molar-refractivity contribution >= 4 is 46.3 Å². The molecule has 2 aromatic carbocycles. The summed E-state index contributed by atoms with van der Waals surface area (Å²) >= 11 is 6.70. The normalized spacial score (nSPS) is 15.1. The van der Waals surface area contributed by atoms with Gasteiger partial charge in [0.2, 0.25) is 0 Å². The number of carbonyl (C=O) groups is 2. The predicted octanol–water partition coefficient (Wildman–Crippen LogP) is 4.34. The average molecular weight is 428 g/mol. The summed E-state index contributed by atoms with van der Waals surface area (Å²) < 4.78 is 10.8. The van der Waals surface area contributed by atoms with E-state index < -0.39 is 5.97 Å². The molecule has 1 amide bonds. The molecule has 1 aliphatic heterocycles. The first-order valence-electron chi connectivity index (χ1n) is 9.15. The number of aryl methyl sites for hydroxylation is 1. The van der Waals surface area contributed by atoms with Crippen LogP contribution in [0.2, 0.25) is 0 Å². The minimum Gasteiger partial charge on any atom is -0.482 e. The van der Waals surface area contributed by atoms with Crippen LogP contribution in [0.1, 0.15) is 23.6 Å². The van der Waals surface area contributed by atoms with Crippen LogP contribution in [0.3, 0.4) is 0 Å². The van der Waals surface area contributed by atoms with Crippen LogP contribution in [0.15, 0.2) is 53.4 Å². The lowest BCUT2D eigenvalue weighted by atomic mass is 10.1. The molecule has 0 atom stereocenters. The summed E-state index contributed by atoms with van der Waals surface area (Å²) in [6.07, 6.45) is 1.81. The van der Waals surface area contributed by atoms with Crippen molar-refractivity contribution < 1.29 is 19.1 Å². The maximum Gasteiger partial charge on any atom is 0.344 e. The van der Waals surface area contributed by atoms with Crippen molar-refractivity contribution in [2.75, 3.05) is 13.2 Å². The fourth-order valence-electron chi connectivity index (χ4n) is 2.67. The molecule has 150 valence electrons. The van der Waals surface area contributed by atoms with Gasteiger partial charge in [-0.25, -0.2) is 4.79 Å². The Morgan fingerprint density at radius 3 is 2.48 bits per heavy atom.